The van der Waals surface area contributed by atoms with Crippen LogP contribution in [-0.4, -0.2) is 5.78 Å². The third-order valence-corrected chi connectivity index (χ3v) is 3.27. The van der Waals surface area contributed by atoms with Crippen LogP contribution in [0.2, 0.25) is 0 Å². The summed E-state index contributed by atoms with van der Waals surface area (Å²) in [5.74, 6) is 0.308. The lowest BCUT2D eigenvalue weighted by atomic mass is 9.72. The van der Waals surface area contributed by atoms with Gasteiger partial charge in [0, 0.05) is 11.0 Å². The van der Waals surface area contributed by atoms with Gasteiger partial charge in [0.2, 0.25) is 0 Å². The van der Waals surface area contributed by atoms with Gasteiger partial charge >= 0.3 is 0 Å². The van der Waals surface area contributed by atoms with E-state index in [4.69, 9.17) is 0 Å². The molecule has 0 saturated carbocycles. The maximum Gasteiger partial charge on any atom is 0.168 e. The predicted molar refractivity (Wildman–Crippen MR) is 57.6 cm³/mol. The van der Waals surface area contributed by atoms with E-state index in [2.05, 4.69) is 13.0 Å². The molecule has 0 aliphatic heterocycles. The van der Waals surface area contributed by atoms with Gasteiger partial charge in [-0.15, -0.1) is 0 Å². The molecular weight excluding hydrogens is 172 g/mol. The summed E-state index contributed by atoms with van der Waals surface area (Å²) in [5.41, 5.74) is 3.30. The van der Waals surface area contributed by atoms with Gasteiger partial charge in [0.1, 0.15) is 0 Å². The molecule has 0 N–H and O–H groups in total. The van der Waals surface area contributed by atoms with E-state index in [9.17, 15) is 4.79 Å². The molecule has 1 aromatic rings. The number of hydrogen-bond donors (Lipinski definition) is 0. The first-order valence-electron chi connectivity index (χ1n) is 5.16. The summed E-state index contributed by atoms with van der Waals surface area (Å²) >= 11 is 0. The molecule has 0 amide bonds. The molecule has 0 radical (unpaired) electrons. The van der Waals surface area contributed by atoms with Gasteiger partial charge in [-0.25, -0.2) is 0 Å². The molecule has 0 bridgehead atoms. The van der Waals surface area contributed by atoms with E-state index < -0.39 is 0 Å². The minimum absolute atomic E-state index is 0.166. The molecule has 0 unspecified atom stereocenters. The average molecular weight is 188 g/mol. The second-order valence-electron chi connectivity index (χ2n) is 4.81. The fraction of sp³-hybridized carbons (Fsp3) is 0.462. The van der Waals surface area contributed by atoms with E-state index >= 15 is 0 Å². The van der Waals surface area contributed by atoms with Crippen LogP contribution in [0.1, 0.15) is 41.8 Å². The number of Topliss-reactive ketones (excluding diaryl/α,β-unsaturated/α-hetero) is 1. The molecule has 0 heterocycles. The fourth-order valence-corrected chi connectivity index (χ4v) is 2.16. The first kappa shape index (κ1) is 9.45. The molecule has 14 heavy (non-hydrogen) atoms. The van der Waals surface area contributed by atoms with Gasteiger partial charge in [0.25, 0.3) is 0 Å². The lowest BCUT2D eigenvalue weighted by Crippen LogP contribution is -2.30. The molecule has 2 rings (SSSR count). The van der Waals surface area contributed by atoms with Crippen LogP contribution in [0.5, 0.6) is 0 Å². The van der Waals surface area contributed by atoms with Crippen molar-refractivity contribution in [1.29, 1.82) is 0 Å². The normalized spacial score (nSPS) is 19.2. The number of hydrogen-bond acceptors (Lipinski definition) is 1. The molecule has 0 saturated heterocycles. The van der Waals surface area contributed by atoms with Crippen molar-refractivity contribution in [3.05, 3.63) is 34.9 Å². The molecule has 74 valence electrons. The van der Waals surface area contributed by atoms with Crippen molar-refractivity contribution in [2.24, 2.45) is 5.41 Å². The summed E-state index contributed by atoms with van der Waals surface area (Å²) in [7, 11) is 0. The van der Waals surface area contributed by atoms with Crippen LogP contribution in [-0.2, 0) is 6.42 Å². The lowest BCUT2D eigenvalue weighted by Gasteiger charge is -2.30. The zero-order valence-corrected chi connectivity index (χ0v) is 9.05. The van der Waals surface area contributed by atoms with Crippen molar-refractivity contribution >= 4 is 5.78 Å². The smallest absolute Gasteiger partial charge is 0.168 e. The third kappa shape index (κ3) is 1.28. The summed E-state index contributed by atoms with van der Waals surface area (Å²) < 4.78 is 0. The van der Waals surface area contributed by atoms with Crippen LogP contribution < -0.4 is 0 Å². The number of carbonyl (C=O) groups is 1. The molecule has 1 nitrogen and oxygen atoms in total. The van der Waals surface area contributed by atoms with E-state index in [-0.39, 0.29) is 5.41 Å². The first-order chi connectivity index (χ1) is 6.52. The van der Waals surface area contributed by atoms with Gasteiger partial charge in [-0.3, -0.25) is 4.79 Å². The molecule has 0 atom stereocenters. The Morgan fingerprint density at radius 3 is 2.71 bits per heavy atom. The van der Waals surface area contributed by atoms with Gasteiger partial charge < -0.3 is 0 Å². The topological polar surface area (TPSA) is 17.1 Å². The van der Waals surface area contributed by atoms with Gasteiger partial charge in [-0.05, 0) is 30.9 Å². The van der Waals surface area contributed by atoms with Crippen LogP contribution >= 0.6 is 0 Å². The summed E-state index contributed by atoms with van der Waals surface area (Å²) in [4.78, 5) is 12.1. The molecule has 0 aromatic heterocycles. The van der Waals surface area contributed by atoms with Crippen LogP contribution in [0.4, 0.5) is 0 Å². The van der Waals surface area contributed by atoms with Crippen LogP contribution in [0.25, 0.3) is 0 Å². The van der Waals surface area contributed by atoms with Crippen LogP contribution in [0.3, 0.4) is 0 Å². The highest BCUT2D eigenvalue weighted by molar-refractivity contribution is 6.02. The maximum absolute atomic E-state index is 12.1. The molecule has 1 aliphatic carbocycles. The summed E-state index contributed by atoms with van der Waals surface area (Å²) in [5, 5.41) is 0. The van der Waals surface area contributed by atoms with Crippen molar-refractivity contribution in [1.82, 2.24) is 0 Å². The molecule has 1 aliphatic rings. The Morgan fingerprint density at radius 1 is 1.29 bits per heavy atom. The van der Waals surface area contributed by atoms with Crippen molar-refractivity contribution in [3.63, 3.8) is 0 Å². The largest absolute Gasteiger partial charge is 0.294 e. The Balaban J connectivity index is 2.57. The zero-order valence-electron chi connectivity index (χ0n) is 9.05. The minimum atomic E-state index is -0.166. The number of benzene rings is 1. The van der Waals surface area contributed by atoms with Crippen LogP contribution in [0.15, 0.2) is 18.2 Å². The predicted octanol–water partition coefficient (Wildman–Crippen LogP) is 3.15. The number of carbonyl (C=O) groups excluding carboxylic acids is 1. The highest BCUT2D eigenvalue weighted by Gasteiger charge is 2.34. The lowest BCUT2D eigenvalue weighted by molar-refractivity contribution is 0.0811. The van der Waals surface area contributed by atoms with E-state index in [1.807, 2.05) is 26.0 Å². The highest BCUT2D eigenvalue weighted by Crippen LogP contribution is 2.35. The Morgan fingerprint density at radius 2 is 2.00 bits per heavy atom. The number of fused-ring (bicyclic) bond motifs is 1. The molecule has 0 fully saturated rings. The average Bonchev–Trinajstić information content (AvgIpc) is 2.13. The minimum Gasteiger partial charge on any atom is -0.294 e. The van der Waals surface area contributed by atoms with Crippen molar-refractivity contribution in [2.75, 3.05) is 0 Å². The van der Waals surface area contributed by atoms with Crippen molar-refractivity contribution in [2.45, 2.75) is 33.6 Å². The van der Waals surface area contributed by atoms with Crippen LogP contribution in [0, 0.1) is 12.3 Å². The van der Waals surface area contributed by atoms with Gasteiger partial charge in [-0.2, -0.15) is 0 Å². The van der Waals surface area contributed by atoms with E-state index in [0.717, 1.165) is 18.4 Å². The SMILES string of the molecule is Cc1cccc2c1CCC(C)(C)C2=O. The zero-order chi connectivity index (χ0) is 10.3. The second-order valence-corrected chi connectivity index (χ2v) is 4.81. The Bertz CT molecular complexity index is 388. The molecule has 0 spiro atoms. The Labute approximate surface area is 85.1 Å². The quantitative estimate of drug-likeness (QED) is 0.611. The summed E-state index contributed by atoms with van der Waals surface area (Å²) in [6.07, 6.45) is 2.02. The second kappa shape index (κ2) is 2.94. The van der Waals surface area contributed by atoms with Gasteiger partial charge in [0.05, 0.1) is 0 Å². The number of aryl methyl sites for hydroxylation is 1. The van der Waals surface area contributed by atoms with E-state index in [1.165, 1.54) is 11.1 Å². The number of ketones is 1. The summed E-state index contributed by atoms with van der Waals surface area (Å²) in [6, 6.07) is 6.03. The van der Waals surface area contributed by atoms with Gasteiger partial charge in [-0.1, -0.05) is 32.0 Å². The third-order valence-electron chi connectivity index (χ3n) is 3.27. The highest BCUT2D eigenvalue weighted by atomic mass is 16.1. The molecule has 1 heteroatoms. The fourth-order valence-electron chi connectivity index (χ4n) is 2.16. The standard InChI is InChI=1S/C13H16O/c1-9-5-4-6-11-10(9)7-8-13(2,3)12(11)14/h4-6H,7-8H2,1-3H3. The Hall–Kier alpha value is -1.11. The monoisotopic (exact) mass is 188 g/mol. The first-order valence-corrected chi connectivity index (χ1v) is 5.16. The number of rotatable bonds is 0. The molecular formula is C13H16O. The van der Waals surface area contributed by atoms with Crippen molar-refractivity contribution < 1.29 is 4.79 Å². The van der Waals surface area contributed by atoms with Crippen molar-refractivity contribution in [3.8, 4) is 0 Å². The Kier molecular flexibility index (Phi) is 1.99. The maximum atomic E-state index is 12.1. The summed E-state index contributed by atoms with van der Waals surface area (Å²) in [6.45, 7) is 6.17. The van der Waals surface area contributed by atoms with E-state index in [0.29, 0.717) is 5.78 Å². The van der Waals surface area contributed by atoms with Gasteiger partial charge in [0.15, 0.2) is 5.78 Å². The molecule has 1 aromatic carbocycles. The van der Waals surface area contributed by atoms with E-state index in [1.54, 1.807) is 0 Å².